The number of hydrogen-bond donors (Lipinski definition) is 1. The maximum absolute atomic E-state index is 12.6. The van der Waals surface area contributed by atoms with Crippen molar-refractivity contribution >= 4 is 17.1 Å². The maximum Gasteiger partial charge on any atom is 0.205 e. The predicted octanol–water partition coefficient (Wildman–Crippen LogP) is 2.40. The van der Waals surface area contributed by atoms with E-state index >= 15 is 0 Å². The molecule has 136 valence electrons. The van der Waals surface area contributed by atoms with Crippen molar-refractivity contribution in [2.45, 2.75) is 31.7 Å². The van der Waals surface area contributed by atoms with Gasteiger partial charge in [-0.1, -0.05) is 0 Å². The molecule has 0 radical (unpaired) electrons. The summed E-state index contributed by atoms with van der Waals surface area (Å²) in [6.45, 7) is 4.22. The van der Waals surface area contributed by atoms with Crippen LogP contribution >= 0.6 is 11.3 Å². The molecular formula is C19H21N3O3S. The Morgan fingerprint density at radius 2 is 2.15 bits per heavy atom. The minimum atomic E-state index is -0.389. The van der Waals surface area contributed by atoms with E-state index in [9.17, 15) is 10.1 Å². The van der Waals surface area contributed by atoms with E-state index in [1.807, 2.05) is 0 Å². The van der Waals surface area contributed by atoms with Crippen molar-refractivity contribution in [3.05, 3.63) is 44.7 Å². The molecule has 26 heavy (non-hydrogen) atoms. The molecule has 0 saturated carbocycles. The van der Waals surface area contributed by atoms with Crippen LogP contribution in [0.15, 0.2) is 34.2 Å². The summed E-state index contributed by atoms with van der Waals surface area (Å²) < 4.78 is 11.0. The summed E-state index contributed by atoms with van der Waals surface area (Å²) in [5.74, 6) is 0.458. The lowest BCUT2D eigenvalue weighted by Crippen LogP contribution is -2.35. The van der Waals surface area contributed by atoms with Crippen LogP contribution in [0.4, 0.5) is 0 Å². The minimum absolute atomic E-state index is 0.0691. The molecule has 0 amide bonds. The summed E-state index contributed by atoms with van der Waals surface area (Å²) in [5, 5.41) is 11.7. The Labute approximate surface area is 156 Å². The zero-order chi connectivity index (χ0) is 18.1. The Bertz CT molecular complexity index is 827. The Kier molecular flexibility index (Phi) is 4.81. The van der Waals surface area contributed by atoms with Crippen LogP contribution in [0.1, 0.15) is 35.6 Å². The largest absolute Gasteiger partial charge is 0.444 e. The molecule has 1 atom stereocenters. The molecule has 0 bridgehead atoms. The van der Waals surface area contributed by atoms with E-state index in [0.29, 0.717) is 29.7 Å². The number of thiophene rings is 1. The van der Waals surface area contributed by atoms with Crippen LogP contribution in [0.2, 0.25) is 0 Å². The van der Waals surface area contributed by atoms with Gasteiger partial charge in [-0.05, 0) is 23.4 Å². The van der Waals surface area contributed by atoms with Crippen LogP contribution in [0.3, 0.4) is 0 Å². The lowest BCUT2D eigenvalue weighted by atomic mass is 9.80. The monoisotopic (exact) mass is 371 g/mol. The highest BCUT2D eigenvalue weighted by Crippen LogP contribution is 2.45. The number of nitriles is 1. The lowest BCUT2D eigenvalue weighted by molar-refractivity contribution is -0.116. The highest BCUT2D eigenvalue weighted by Gasteiger charge is 2.38. The third-order valence-corrected chi connectivity index (χ3v) is 6.12. The Hall–Kier alpha value is -2.14. The first-order chi connectivity index (χ1) is 12.7. The van der Waals surface area contributed by atoms with Crippen molar-refractivity contribution in [2.24, 2.45) is 5.73 Å². The zero-order valence-electron chi connectivity index (χ0n) is 14.5. The van der Waals surface area contributed by atoms with Crippen molar-refractivity contribution in [3.63, 3.8) is 0 Å². The van der Waals surface area contributed by atoms with Gasteiger partial charge in [-0.25, -0.2) is 0 Å². The molecule has 7 heteroatoms. The molecule has 1 aromatic heterocycles. The summed E-state index contributed by atoms with van der Waals surface area (Å²) in [6.07, 6.45) is 1.97. The first-order valence-electron chi connectivity index (χ1n) is 8.88. The Balaban J connectivity index is 1.65. The second-order valence-electron chi connectivity index (χ2n) is 6.78. The molecule has 3 heterocycles. The number of ether oxygens (including phenoxy) is 2. The van der Waals surface area contributed by atoms with Gasteiger partial charge in [-0.2, -0.15) is 5.26 Å². The third-order valence-electron chi connectivity index (χ3n) is 5.07. The second kappa shape index (κ2) is 7.23. The normalized spacial score (nSPS) is 24.3. The molecule has 2 N–H and O–H groups in total. The summed E-state index contributed by atoms with van der Waals surface area (Å²) in [5.41, 5.74) is 8.16. The second-order valence-corrected chi connectivity index (χ2v) is 7.73. The third kappa shape index (κ3) is 3.16. The Morgan fingerprint density at radius 3 is 2.92 bits per heavy atom. The number of nitrogens with two attached hydrogens (primary N) is 1. The van der Waals surface area contributed by atoms with Gasteiger partial charge in [-0.15, -0.1) is 11.3 Å². The standard InChI is InChI=1S/C19H21N3O3S/c20-9-13-17(18-14(23)2-1-3-15(18)25-19(13)21)16-8-12(11-26-16)10-22-4-6-24-7-5-22/h8,11,17H,1-7,10,21H2/t17-/m1/s1. The average molecular weight is 371 g/mol. The van der Waals surface area contributed by atoms with Crippen molar-refractivity contribution in [3.8, 4) is 6.07 Å². The van der Waals surface area contributed by atoms with E-state index in [-0.39, 0.29) is 17.6 Å². The number of Topliss-reactive ketones (excluding diaryl/α,β-unsaturated/α-hetero) is 1. The Morgan fingerprint density at radius 1 is 1.35 bits per heavy atom. The van der Waals surface area contributed by atoms with Gasteiger partial charge in [0.25, 0.3) is 0 Å². The predicted molar refractivity (Wildman–Crippen MR) is 97.0 cm³/mol. The quantitative estimate of drug-likeness (QED) is 0.878. The number of morpholine rings is 1. The molecule has 0 spiro atoms. The van der Waals surface area contributed by atoms with Crippen molar-refractivity contribution in [1.82, 2.24) is 4.90 Å². The first-order valence-corrected chi connectivity index (χ1v) is 9.76. The molecule has 3 aliphatic rings. The van der Waals surface area contributed by atoms with Crippen LogP contribution in [0.5, 0.6) is 0 Å². The fourth-order valence-corrected chi connectivity index (χ4v) is 4.81. The molecule has 4 rings (SSSR count). The molecule has 1 aliphatic carbocycles. The van der Waals surface area contributed by atoms with Crippen molar-refractivity contribution < 1.29 is 14.3 Å². The van der Waals surface area contributed by atoms with Gasteiger partial charge in [0.15, 0.2) is 5.78 Å². The molecule has 1 aromatic rings. The number of nitrogens with zero attached hydrogens (tertiary/aromatic N) is 2. The smallest absolute Gasteiger partial charge is 0.205 e. The summed E-state index contributed by atoms with van der Waals surface area (Å²) in [6, 6.07) is 4.27. The fraction of sp³-hybridized carbons (Fsp3) is 0.474. The van der Waals surface area contributed by atoms with E-state index in [2.05, 4.69) is 22.4 Å². The van der Waals surface area contributed by atoms with Crippen LogP contribution in [0, 0.1) is 11.3 Å². The van der Waals surface area contributed by atoms with E-state index in [1.54, 1.807) is 11.3 Å². The van der Waals surface area contributed by atoms with Gasteiger partial charge < -0.3 is 15.2 Å². The van der Waals surface area contributed by atoms with Crippen LogP contribution in [-0.4, -0.2) is 37.0 Å². The summed E-state index contributed by atoms with van der Waals surface area (Å²) in [4.78, 5) is 15.9. The number of carbonyl (C=O) groups is 1. The molecular weight excluding hydrogens is 350 g/mol. The van der Waals surface area contributed by atoms with Gasteiger partial charge in [0.1, 0.15) is 17.4 Å². The number of hydrogen-bond acceptors (Lipinski definition) is 7. The molecule has 2 aliphatic heterocycles. The molecule has 0 unspecified atom stereocenters. The van der Waals surface area contributed by atoms with Gasteiger partial charge >= 0.3 is 0 Å². The first kappa shape index (κ1) is 17.3. The SMILES string of the molecule is N#CC1=C(N)OC2=C(C(=O)CCC2)[C@H]1c1cc(CN2CCOCC2)cs1. The van der Waals surface area contributed by atoms with E-state index in [0.717, 1.165) is 44.1 Å². The van der Waals surface area contributed by atoms with Crippen LogP contribution in [-0.2, 0) is 20.8 Å². The van der Waals surface area contributed by atoms with E-state index in [1.165, 1.54) is 5.56 Å². The summed E-state index contributed by atoms with van der Waals surface area (Å²) in [7, 11) is 0. The van der Waals surface area contributed by atoms with Crippen LogP contribution in [0.25, 0.3) is 0 Å². The summed E-state index contributed by atoms with van der Waals surface area (Å²) >= 11 is 1.58. The fourth-order valence-electron chi connectivity index (χ4n) is 3.79. The lowest BCUT2D eigenvalue weighted by Gasteiger charge is -2.30. The van der Waals surface area contributed by atoms with Gasteiger partial charge in [0, 0.05) is 42.9 Å². The number of allylic oxidation sites excluding steroid dienone is 3. The highest BCUT2D eigenvalue weighted by atomic mass is 32.1. The topological polar surface area (TPSA) is 88.6 Å². The highest BCUT2D eigenvalue weighted by molar-refractivity contribution is 7.10. The maximum atomic E-state index is 12.6. The molecule has 1 fully saturated rings. The van der Waals surface area contributed by atoms with E-state index < -0.39 is 0 Å². The van der Waals surface area contributed by atoms with Gasteiger partial charge in [0.2, 0.25) is 5.88 Å². The van der Waals surface area contributed by atoms with Gasteiger partial charge in [-0.3, -0.25) is 9.69 Å². The number of ketones is 1. The molecule has 1 saturated heterocycles. The zero-order valence-corrected chi connectivity index (χ0v) is 15.3. The average Bonchev–Trinajstić information content (AvgIpc) is 3.10. The van der Waals surface area contributed by atoms with Gasteiger partial charge in [0.05, 0.1) is 19.1 Å². The minimum Gasteiger partial charge on any atom is -0.444 e. The van der Waals surface area contributed by atoms with Crippen LogP contribution < -0.4 is 5.73 Å². The van der Waals surface area contributed by atoms with Crippen molar-refractivity contribution in [1.29, 1.82) is 5.26 Å². The van der Waals surface area contributed by atoms with Crippen molar-refractivity contribution in [2.75, 3.05) is 26.3 Å². The molecule has 0 aromatic carbocycles. The number of rotatable bonds is 3. The molecule has 6 nitrogen and oxygen atoms in total. The van der Waals surface area contributed by atoms with E-state index in [4.69, 9.17) is 15.2 Å². The number of carbonyl (C=O) groups excluding carboxylic acids is 1.